The summed E-state index contributed by atoms with van der Waals surface area (Å²) in [6.07, 6.45) is 6.28. The molecule has 0 aliphatic carbocycles. The summed E-state index contributed by atoms with van der Waals surface area (Å²) >= 11 is 3.47. The highest BCUT2D eigenvalue weighted by atomic mass is 127. The summed E-state index contributed by atoms with van der Waals surface area (Å²) in [4.78, 5) is 4.63. The lowest BCUT2D eigenvalue weighted by molar-refractivity contribution is -0.00000473. The molecule has 116 valence electrons. The SMILES string of the molecule is CCCCOc1ccc(-c2cn3cc(Br)ccc3n2)cc1.[I-]. The lowest BCUT2D eigenvalue weighted by atomic mass is 10.2. The van der Waals surface area contributed by atoms with E-state index in [1.54, 1.807) is 0 Å². The maximum atomic E-state index is 5.68. The van der Waals surface area contributed by atoms with Gasteiger partial charge < -0.3 is 33.1 Å². The van der Waals surface area contributed by atoms with Gasteiger partial charge in [-0.1, -0.05) is 13.3 Å². The average molecular weight is 472 g/mol. The Morgan fingerprint density at radius 2 is 1.86 bits per heavy atom. The monoisotopic (exact) mass is 471 g/mol. The van der Waals surface area contributed by atoms with E-state index in [9.17, 15) is 0 Å². The van der Waals surface area contributed by atoms with Gasteiger partial charge in [0.05, 0.1) is 12.3 Å². The van der Waals surface area contributed by atoms with Crippen LogP contribution in [0.15, 0.2) is 53.3 Å². The second kappa shape index (κ2) is 7.97. The number of unbranched alkanes of at least 4 members (excludes halogenated alkanes) is 1. The maximum absolute atomic E-state index is 5.68. The minimum Gasteiger partial charge on any atom is -1.00 e. The number of nitrogens with zero attached hydrogens (tertiary/aromatic N) is 2. The number of pyridine rings is 1. The molecule has 1 aromatic carbocycles. The van der Waals surface area contributed by atoms with E-state index in [-0.39, 0.29) is 24.0 Å². The molecule has 0 saturated carbocycles. The van der Waals surface area contributed by atoms with E-state index in [2.05, 4.69) is 40.0 Å². The molecule has 0 aliphatic rings. The second-order valence-corrected chi connectivity index (χ2v) is 5.88. The largest absolute Gasteiger partial charge is 1.00 e. The Morgan fingerprint density at radius 3 is 2.59 bits per heavy atom. The summed E-state index contributed by atoms with van der Waals surface area (Å²) in [5, 5.41) is 0. The first-order valence-electron chi connectivity index (χ1n) is 7.14. The van der Waals surface area contributed by atoms with E-state index < -0.39 is 0 Å². The molecule has 2 heterocycles. The molecule has 3 rings (SSSR count). The van der Waals surface area contributed by atoms with Crippen LogP contribution in [0.2, 0.25) is 0 Å². The van der Waals surface area contributed by atoms with Gasteiger partial charge >= 0.3 is 0 Å². The molecule has 22 heavy (non-hydrogen) atoms. The first-order valence-corrected chi connectivity index (χ1v) is 7.93. The van der Waals surface area contributed by atoms with Crippen molar-refractivity contribution < 1.29 is 28.7 Å². The third-order valence-corrected chi connectivity index (χ3v) is 3.80. The Kier molecular flexibility index (Phi) is 6.26. The third-order valence-electron chi connectivity index (χ3n) is 3.33. The normalized spacial score (nSPS) is 10.5. The van der Waals surface area contributed by atoms with Gasteiger partial charge in [-0.2, -0.15) is 0 Å². The lowest BCUT2D eigenvalue weighted by Crippen LogP contribution is -3.00. The van der Waals surface area contributed by atoms with Crippen LogP contribution in [0.4, 0.5) is 0 Å². The van der Waals surface area contributed by atoms with Crippen LogP contribution in [0.25, 0.3) is 16.9 Å². The highest BCUT2D eigenvalue weighted by molar-refractivity contribution is 9.10. The van der Waals surface area contributed by atoms with Gasteiger partial charge in [-0.15, -0.1) is 0 Å². The summed E-state index contributed by atoms with van der Waals surface area (Å²) < 4.78 is 8.74. The first-order chi connectivity index (χ1) is 10.3. The zero-order chi connectivity index (χ0) is 14.7. The van der Waals surface area contributed by atoms with Crippen LogP contribution in [0, 0.1) is 0 Å². The van der Waals surface area contributed by atoms with Crippen molar-refractivity contribution in [1.29, 1.82) is 0 Å². The van der Waals surface area contributed by atoms with Gasteiger partial charge in [0.1, 0.15) is 11.4 Å². The summed E-state index contributed by atoms with van der Waals surface area (Å²) in [5.74, 6) is 0.915. The number of rotatable bonds is 5. The molecule has 0 N–H and O–H groups in total. The van der Waals surface area contributed by atoms with E-state index >= 15 is 0 Å². The Balaban J connectivity index is 0.00000176. The highest BCUT2D eigenvalue weighted by Crippen LogP contribution is 2.23. The predicted molar refractivity (Wildman–Crippen MR) is 88.7 cm³/mol. The molecule has 0 saturated heterocycles. The average Bonchev–Trinajstić information content (AvgIpc) is 2.91. The molecule has 0 fully saturated rings. The van der Waals surface area contributed by atoms with Crippen molar-refractivity contribution in [2.24, 2.45) is 0 Å². The fourth-order valence-electron chi connectivity index (χ4n) is 2.16. The molecule has 3 aromatic rings. The minimum atomic E-state index is 0. The second-order valence-electron chi connectivity index (χ2n) is 4.97. The van der Waals surface area contributed by atoms with E-state index in [0.29, 0.717) is 0 Å². The Bertz CT molecular complexity index is 740. The van der Waals surface area contributed by atoms with Crippen LogP contribution < -0.4 is 28.7 Å². The zero-order valence-electron chi connectivity index (χ0n) is 12.3. The number of ether oxygens (including phenoxy) is 1. The molecule has 0 radical (unpaired) electrons. The minimum absolute atomic E-state index is 0. The van der Waals surface area contributed by atoms with Crippen LogP contribution >= 0.6 is 15.9 Å². The van der Waals surface area contributed by atoms with Crippen molar-refractivity contribution in [2.75, 3.05) is 6.61 Å². The Labute approximate surface area is 155 Å². The predicted octanol–water partition coefficient (Wildman–Crippen LogP) is 1.95. The van der Waals surface area contributed by atoms with Gasteiger partial charge in [0, 0.05) is 22.4 Å². The Hall–Kier alpha value is -1.08. The maximum Gasteiger partial charge on any atom is 0.137 e. The zero-order valence-corrected chi connectivity index (χ0v) is 16.0. The van der Waals surface area contributed by atoms with E-state index in [4.69, 9.17) is 4.74 Å². The molecule has 0 atom stereocenters. The van der Waals surface area contributed by atoms with E-state index in [0.717, 1.165) is 46.6 Å². The number of halogens is 2. The molecule has 0 aliphatic heterocycles. The smallest absolute Gasteiger partial charge is 0.137 e. The number of fused-ring (bicyclic) bond motifs is 1. The molecular weight excluding hydrogens is 455 g/mol. The van der Waals surface area contributed by atoms with Crippen molar-refractivity contribution in [3.8, 4) is 17.0 Å². The summed E-state index contributed by atoms with van der Waals surface area (Å²) in [6.45, 7) is 2.94. The fraction of sp³-hybridized carbons (Fsp3) is 0.235. The number of hydrogen-bond donors (Lipinski definition) is 0. The van der Waals surface area contributed by atoms with Crippen LogP contribution in [-0.2, 0) is 0 Å². The van der Waals surface area contributed by atoms with Crippen molar-refractivity contribution in [3.05, 3.63) is 53.3 Å². The number of benzene rings is 1. The van der Waals surface area contributed by atoms with Crippen molar-refractivity contribution in [2.45, 2.75) is 19.8 Å². The molecular formula is C17H17BrIN2O-. The van der Waals surface area contributed by atoms with Crippen molar-refractivity contribution in [3.63, 3.8) is 0 Å². The molecule has 0 bridgehead atoms. The van der Waals surface area contributed by atoms with Gasteiger partial charge in [0.2, 0.25) is 0 Å². The first kappa shape index (κ1) is 17.3. The molecule has 5 heteroatoms. The topological polar surface area (TPSA) is 26.5 Å². The molecule has 0 amide bonds. The van der Waals surface area contributed by atoms with Gasteiger partial charge in [-0.3, -0.25) is 0 Å². The number of aromatic nitrogens is 2. The molecule has 3 nitrogen and oxygen atoms in total. The molecule has 0 unspecified atom stereocenters. The van der Waals surface area contributed by atoms with Crippen LogP contribution in [-0.4, -0.2) is 16.0 Å². The molecule has 2 aromatic heterocycles. The van der Waals surface area contributed by atoms with Gasteiger partial charge in [0.15, 0.2) is 0 Å². The lowest BCUT2D eigenvalue weighted by Gasteiger charge is -2.05. The standard InChI is InChI=1S/C17H17BrN2O.HI/c1-2-3-10-21-15-7-4-13(5-8-15)16-12-20-11-14(18)6-9-17(20)19-16;/h4-9,11-12H,2-3,10H2,1H3;1H/p-1. The third kappa shape index (κ3) is 4.01. The van der Waals surface area contributed by atoms with Gasteiger partial charge in [-0.05, 0) is 58.7 Å². The van der Waals surface area contributed by atoms with Crippen LogP contribution in [0.3, 0.4) is 0 Å². The summed E-state index contributed by atoms with van der Waals surface area (Å²) in [5.41, 5.74) is 3.00. The summed E-state index contributed by atoms with van der Waals surface area (Å²) in [7, 11) is 0. The Morgan fingerprint density at radius 1 is 1.09 bits per heavy atom. The van der Waals surface area contributed by atoms with E-state index in [1.807, 2.05) is 41.1 Å². The van der Waals surface area contributed by atoms with Gasteiger partial charge in [-0.25, -0.2) is 4.98 Å². The number of imidazole rings is 1. The van der Waals surface area contributed by atoms with Crippen LogP contribution in [0.5, 0.6) is 5.75 Å². The highest BCUT2D eigenvalue weighted by Gasteiger charge is 2.05. The quantitative estimate of drug-likeness (QED) is 0.420. The van der Waals surface area contributed by atoms with Crippen LogP contribution in [0.1, 0.15) is 19.8 Å². The summed E-state index contributed by atoms with van der Waals surface area (Å²) in [6, 6.07) is 12.1. The molecule has 0 spiro atoms. The van der Waals surface area contributed by atoms with E-state index in [1.165, 1.54) is 0 Å². The van der Waals surface area contributed by atoms with Crippen molar-refractivity contribution in [1.82, 2.24) is 9.38 Å². The number of hydrogen-bond acceptors (Lipinski definition) is 2. The van der Waals surface area contributed by atoms with Crippen molar-refractivity contribution >= 4 is 21.6 Å². The fourth-order valence-corrected chi connectivity index (χ4v) is 2.51. The van der Waals surface area contributed by atoms with Gasteiger partial charge in [0.25, 0.3) is 0 Å².